The highest BCUT2D eigenvalue weighted by Gasteiger charge is 2.38. The molecule has 0 fully saturated rings. The third-order valence-electron chi connectivity index (χ3n) is 2.87. The van der Waals surface area contributed by atoms with Gasteiger partial charge in [-0.3, -0.25) is 4.79 Å². The standard InChI is InChI=1S/C14H16F3N5O2S/c1-2-7-24-10-6-4-3-5-9(10)19-11(23)8-25-13-21-20-12(22(13)18)14(15,16)17/h3-6H,2,7-8,18H2,1H3,(H,19,23). The van der Waals surface area contributed by atoms with Crippen molar-refractivity contribution in [1.82, 2.24) is 14.9 Å². The first-order valence-electron chi connectivity index (χ1n) is 7.25. The number of halogens is 3. The molecule has 1 aromatic carbocycles. The van der Waals surface area contributed by atoms with Crippen molar-refractivity contribution >= 4 is 23.4 Å². The summed E-state index contributed by atoms with van der Waals surface area (Å²) in [5, 5.41) is 8.76. The summed E-state index contributed by atoms with van der Waals surface area (Å²) >= 11 is 0.747. The summed E-state index contributed by atoms with van der Waals surface area (Å²) in [7, 11) is 0. The van der Waals surface area contributed by atoms with E-state index in [1.165, 1.54) is 0 Å². The Bertz CT molecular complexity index is 735. The van der Waals surface area contributed by atoms with E-state index >= 15 is 0 Å². The molecule has 0 aliphatic carbocycles. The molecule has 0 spiro atoms. The number of alkyl halides is 3. The minimum atomic E-state index is -4.71. The maximum Gasteiger partial charge on any atom is 0.453 e. The number of aromatic nitrogens is 3. The van der Waals surface area contributed by atoms with Crippen LogP contribution >= 0.6 is 11.8 Å². The minimum absolute atomic E-state index is 0.185. The van der Waals surface area contributed by atoms with Gasteiger partial charge in [-0.15, -0.1) is 10.2 Å². The van der Waals surface area contributed by atoms with Gasteiger partial charge in [-0.1, -0.05) is 30.8 Å². The molecule has 1 aromatic heterocycles. The molecule has 7 nitrogen and oxygen atoms in total. The van der Waals surface area contributed by atoms with E-state index in [1.54, 1.807) is 24.3 Å². The molecule has 0 saturated carbocycles. The number of carbonyl (C=O) groups is 1. The zero-order valence-corrected chi connectivity index (χ0v) is 14.0. The second kappa shape index (κ2) is 8.10. The Balaban J connectivity index is 1.97. The van der Waals surface area contributed by atoms with Crippen molar-refractivity contribution < 1.29 is 22.7 Å². The molecule has 2 rings (SSSR count). The van der Waals surface area contributed by atoms with E-state index in [9.17, 15) is 18.0 Å². The molecule has 0 saturated heterocycles. The number of amides is 1. The Morgan fingerprint density at radius 2 is 2.08 bits per heavy atom. The monoisotopic (exact) mass is 375 g/mol. The van der Waals surface area contributed by atoms with Gasteiger partial charge in [-0.05, 0) is 18.6 Å². The zero-order valence-electron chi connectivity index (χ0n) is 13.2. The molecule has 1 amide bonds. The number of nitrogen functional groups attached to an aromatic ring is 1. The van der Waals surface area contributed by atoms with E-state index in [2.05, 4.69) is 15.5 Å². The number of para-hydroxylation sites is 2. The van der Waals surface area contributed by atoms with Crippen LogP contribution < -0.4 is 15.9 Å². The van der Waals surface area contributed by atoms with Gasteiger partial charge in [0.25, 0.3) is 5.82 Å². The molecule has 1 heterocycles. The first-order chi connectivity index (χ1) is 11.8. The Labute approximate surface area is 145 Å². The summed E-state index contributed by atoms with van der Waals surface area (Å²) < 4.78 is 43.6. The predicted octanol–water partition coefficient (Wildman–Crippen LogP) is 2.53. The summed E-state index contributed by atoms with van der Waals surface area (Å²) in [4.78, 5) is 12.0. The van der Waals surface area contributed by atoms with Crippen molar-refractivity contribution in [2.45, 2.75) is 24.7 Å². The average molecular weight is 375 g/mol. The fourth-order valence-electron chi connectivity index (χ4n) is 1.79. The van der Waals surface area contributed by atoms with Gasteiger partial charge in [0.15, 0.2) is 0 Å². The highest BCUT2D eigenvalue weighted by Crippen LogP contribution is 2.29. The van der Waals surface area contributed by atoms with Gasteiger partial charge >= 0.3 is 6.18 Å². The number of benzene rings is 1. The third kappa shape index (κ3) is 5.02. The predicted molar refractivity (Wildman–Crippen MR) is 86.8 cm³/mol. The summed E-state index contributed by atoms with van der Waals surface area (Å²) in [5.41, 5.74) is 0.478. The number of nitrogens with zero attached hydrogens (tertiary/aromatic N) is 3. The molecular weight excluding hydrogens is 359 g/mol. The summed E-state index contributed by atoms with van der Waals surface area (Å²) in [6, 6.07) is 6.88. The summed E-state index contributed by atoms with van der Waals surface area (Å²) in [6.07, 6.45) is -3.90. The lowest BCUT2D eigenvalue weighted by Gasteiger charge is -2.11. The van der Waals surface area contributed by atoms with Gasteiger partial charge in [-0.2, -0.15) is 13.2 Å². The molecule has 0 bridgehead atoms. The SMILES string of the molecule is CCCOc1ccccc1NC(=O)CSc1nnc(C(F)(F)F)n1N. The highest BCUT2D eigenvalue weighted by molar-refractivity contribution is 7.99. The third-order valence-corrected chi connectivity index (χ3v) is 3.82. The fourth-order valence-corrected chi connectivity index (χ4v) is 2.45. The van der Waals surface area contributed by atoms with E-state index in [0.29, 0.717) is 22.7 Å². The number of ether oxygens (including phenoxy) is 1. The molecular formula is C14H16F3N5O2S. The van der Waals surface area contributed by atoms with E-state index < -0.39 is 17.9 Å². The Hall–Kier alpha value is -2.43. The van der Waals surface area contributed by atoms with Crippen molar-refractivity contribution in [3.05, 3.63) is 30.1 Å². The molecule has 2 aromatic rings. The molecule has 0 unspecified atom stereocenters. The first-order valence-corrected chi connectivity index (χ1v) is 8.23. The number of thioether (sulfide) groups is 1. The lowest BCUT2D eigenvalue weighted by atomic mass is 10.3. The molecule has 11 heteroatoms. The van der Waals surface area contributed by atoms with E-state index in [0.717, 1.165) is 18.2 Å². The molecule has 3 N–H and O–H groups in total. The number of anilines is 1. The Morgan fingerprint density at radius 1 is 1.36 bits per heavy atom. The highest BCUT2D eigenvalue weighted by atomic mass is 32.2. The zero-order chi connectivity index (χ0) is 18.4. The van der Waals surface area contributed by atoms with E-state index in [1.807, 2.05) is 6.92 Å². The van der Waals surface area contributed by atoms with Crippen LogP contribution in [-0.4, -0.2) is 33.1 Å². The number of nitrogens with one attached hydrogen (secondary N) is 1. The van der Waals surface area contributed by atoms with Crippen LogP contribution in [0, 0.1) is 0 Å². The van der Waals surface area contributed by atoms with Crippen LogP contribution in [0.2, 0.25) is 0 Å². The molecule has 0 aliphatic rings. The Kier molecular flexibility index (Phi) is 6.12. The van der Waals surface area contributed by atoms with Gasteiger partial charge in [0.05, 0.1) is 18.0 Å². The molecule has 25 heavy (non-hydrogen) atoms. The van der Waals surface area contributed by atoms with Crippen LogP contribution in [0.3, 0.4) is 0 Å². The number of hydrogen-bond acceptors (Lipinski definition) is 6. The molecule has 0 aliphatic heterocycles. The van der Waals surface area contributed by atoms with Crippen LogP contribution in [0.4, 0.5) is 18.9 Å². The minimum Gasteiger partial charge on any atom is -0.491 e. The number of rotatable bonds is 7. The van der Waals surface area contributed by atoms with Crippen molar-refractivity contribution in [3.63, 3.8) is 0 Å². The lowest BCUT2D eigenvalue weighted by Crippen LogP contribution is -2.22. The topological polar surface area (TPSA) is 95.1 Å². The van der Waals surface area contributed by atoms with Crippen molar-refractivity contribution in [1.29, 1.82) is 0 Å². The van der Waals surface area contributed by atoms with Crippen LogP contribution in [-0.2, 0) is 11.0 Å². The first kappa shape index (κ1) is 18.9. The number of carbonyl (C=O) groups excluding carboxylic acids is 1. The van der Waals surface area contributed by atoms with Crippen LogP contribution in [0.25, 0.3) is 0 Å². The number of hydrogen-bond donors (Lipinski definition) is 2. The molecule has 0 atom stereocenters. The van der Waals surface area contributed by atoms with Crippen molar-refractivity contribution in [2.24, 2.45) is 0 Å². The quantitative estimate of drug-likeness (QED) is 0.570. The lowest BCUT2D eigenvalue weighted by molar-refractivity contribution is -0.146. The molecule has 136 valence electrons. The molecule has 0 radical (unpaired) electrons. The van der Waals surface area contributed by atoms with Gasteiger partial charge in [0.1, 0.15) is 5.75 Å². The smallest absolute Gasteiger partial charge is 0.453 e. The van der Waals surface area contributed by atoms with E-state index in [-0.39, 0.29) is 10.9 Å². The van der Waals surface area contributed by atoms with Crippen LogP contribution in [0.5, 0.6) is 5.75 Å². The van der Waals surface area contributed by atoms with Crippen LogP contribution in [0.1, 0.15) is 19.2 Å². The van der Waals surface area contributed by atoms with Gasteiger partial charge in [0, 0.05) is 0 Å². The summed E-state index contributed by atoms with van der Waals surface area (Å²) in [6.45, 7) is 2.45. The van der Waals surface area contributed by atoms with E-state index in [4.69, 9.17) is 10.6 Å². The van der Waals surface area contributed by atoms with Crippen LogP contribution in [0.15, 0.2) is 29.4 Å². The second-order valence-corrected chi connectivity index (χ2v) is 5.80. The maximum atomic E-state index is 12.6. The fraction of sp³-hybridized carbons (Fsp3) is 0.357. The van der Waals surface area contributed by atoms with Gasteiger partial charge in [-0.25, -0.2) is 4.68 Å². The Morgan fingerprint density at radius 3 is 2.72 bits per heavy atom. The summed E-state index contributed by atoms with van der Waals surface area (Å²) in [5.74, 6) is 3.88. The number of nitrogens with two attached hydrogens (primary N) is 1. The van der Waals surface area contributed by atoms with Gasteiger partial charge in [0.2, 0.25) is 11.1 Å². The maximum absolute atomic E-state index is 12.6. The van der Waals surface area contributed by atoms with Crippen molar-refractivity contribution in [2.75, 3.05) is 23.5 Å². The average Bonchev–Trinajstić information content (AvgIpc) is 2.93. The largest absolute Gasteiger partial charge is 0.491 e. The van der Waals surface area contributed by atoms with Crippen molar-refractivity contribution in [3.8, 4) is 5.75 Å². The normalized spacial score (nSPS) is 11.4. The van der Waals surface area contributed by atoms with Gasteiger partial charge < -0.3 is 15.9 Å². The second-order valence-electron chi connectivity index (χ2n) is 4.86.